The maximum atomic E-state index is 11.9. The summed E-state index contributed by atoms with van der Waals surface area (Å²) in [6, 6.07) is 6.90. The van der Waals surface area contributed by atoms with Crippen molar-refractivity contribution in [1.29, 1.82) is 0 Å². The molecule has 0 amide bonds. The van der Waals surface area contributed by atoms with Crippen LogP contribution in [0.25, 0.3) is 0 Å². The van der Waals surface area contributed by atoms with Crippen LogP contribution in [0.4, 0.5) is 5.69 Å². The molecule has 0 saturated heterocycles. The van der Waals surface area contributed by atoms with Crippen molar-refractivity contribution in [3.63, 3.8) is 0 Å². The molecule has 3 nitrogen and oxygen atoms in total. The molecule has 0 spiro atoms. The predicted octanol–water partition coefficient (Wildman–Crippen LogP) is 4.35. The van der Waals surface area contributed by atoms with E-state index in [2.05, 4.69) is 11.6 Å². The molecule has 0 bridgehead atoms. The largest absolute Gasteiger partial charge is 0.284 e. The fraction of sp³-hybridized carbons (Fsp3) is 0.571. The Bertz CT molecular complexity index is 472. The topological polar surface area (TPSA) is 46.2 Å². The van der Waals surface area contributed by atoms with Gasteiger partial charge >= 0.3 is 0 Å². The lowest BCUT2D eigenvalue weighted by Crippen LogP contribution is -2.16. The molecule has 1 rings (SSSR count). The highest BCUT2D eigenvalue weighted by Gasteiger charge is 2.09. The van der Waals surface area contributed by atoms with Crippen molar-refractivity contribution in [3.05, 3.63) is 24.3 Å². The van der Waals surface area contributed by atoms with E-state index in [1.165, 1.54) is 19.3 Å². The van der Waals surface area contributed by atoms with Crippen LogP contribution in [0.2, 0.25) is 0 Å². The van der Waals surface area contributed by atoms with Crippen molar-refractivity contribution in [1.82, 2.24) is 0 Å². The number of hydrogen-bond acceptors (Lipinski definition) is 2. The predicted molar refractivity (Wildman–Crippen MR) is 83.1 cm³/mol. The van der Waals surface area contributed by atoms with Gasteiger partial charge in [0.25, 0.3) is 0 Å². The molecule has 19 heavy (non-hydrogen) atoms. The van der Waals surface area contributed by atoms with Gasteiger partial charge in [0.15, 0.2) is 0 Å². The van der Waals surface area contributed by atoms with Crippen LogP contribution in [-0.2, 0) is 10.0 Å². The Balaban J connectivity index is 2.32. The molecular formula is C14H22NO2S2. The van der Waals surface area contributed by atoms with Crippen molar-refractivity contribution >= 4 is 28.3 Å². The zero-order valence-electron chi connectivity index (χ0n) is 11.4. The molecule has 0 fully saturated rings. The molecule has 0 saturated carbocycles. The SMILES string of the molecule is CCCCCCCCS(=O)(=O)Nc1cccc([S])c1. The Labute approximate surface area is 122 Å². The van der Waals surface area contributed by atoms with Crippen molar-refractivity contribution < 1.29 is 8.42 Å². The lowest BCUT2D eigenvalue weighted by Gasteiger charge is -2.08. The van der Waals surface area contributed by atoms with Gasteiger partial charge in [-0.1, -0.05) is 57.7 Å². The van der Waals surface area contributed by atoms with Gasteiger partial charge in [-0.15, -0.1) is 0 Å². The summed E-state index contributed by atoms with van der Waals surface area (Å²) in [4.78, 5) is 0.639. The maximum Gasteiger partial charge on any atom is 0.232 e. The van der Waals surface area contributed by atoms with Gasteiger partial charge in [0.05, 0.1) is 5.75 Å². The lowest BCUT2D eigenvalue weighted by atomic mass is 10.1. The lowest BCUT2D eigenvalue weighted by molar-refractivity contribution is 0.588. The van der Waals surface area contributed by atoms with E-state index in [9.17, 15) is 8.42 Å². The quantitative estimate of drug-likeness (QED) is 0.689. The third kappa shape index (κ3) is 7.38. The summed E-state index contributed by atoms with van der Waals surface area (Å²) in [5.74, 6) is 0.181. The van der Waals surface area contributed by atoms with E-state index in [0.29, 0.717) is 17.0 Å². The molecular weight excluding hydrogens is 278 g/mol. The molecule has 5 heteroatoms. The Kier molecular flexibility index (Phi) is 7.16. The third-order valence-electron chi connectivity index (χ3n) is 2.87. The molecule has 107 valence electrons. The summed E-state index contributed by atoms with van der Waals surface area (Å²) in [5, 5.41) is 0. The number of unbranched alkanes of at least 4 members (excludes halogenated alkanes) is 5. The van der Waals surface area contributed by atoms with Crippen LogP contribution in [0.3, 0.4) is 0 Å². The summed E-state index contributed by atoms with van der Waals surface area (Å²) < 4.78 is 26.3. The summed E-state index contributed by atoms with van der Waals surface area (Å²) in [6.45, 7) is 2.17. The molecule has 0 aliphatic carbocycles. The van der Waals surface area contributed by atoms with Crippen LogP contribution in [0.5, 0.6) is 0 Å². The summed E-state index contributed by atoms with van der Waals surface area (Å²) in [6.07, 6.45) is 6.44. The van der Waals surface area contributed by atoms with Crippen LogP contribution in [-0.4, -0.2) is 14.2 Å². The first-order valence-electron chi connectivity index (χ1n) is 6.81. The number of anilines is 1. The number of sulfonamides is 1. The second-order valence-electron chi connectivity index (χ2n) is 4.72. The molecule has 0 heterocycles. The van der Waals surface area contributed by atoms with Crippen molar-refractivity contribution in [2.45, 2.75) is 50.3 Å². The van der Waals surface area contributed by atoms with Crippen molar-refractivity contribution in [2.75, 3.05) is 10.5 Å². The van der Waals surface area contributed by atoms with Crippen molar-refractivity contribution in [3.8, 4) is 0 Å². The zero-order chi connectivity index (χ0) is 14.1. The van der Waals surface area contributed by atoms with Crippen LogP contribution in [0.15, 0.2) is 29.2 Å². The van der Waals surface area contributed by atoms with Gasteiger partial charge in [0, 0.05) is 10.6 Å². The average Bonchev–Trinajstić information content (AvgIpc) is 2.33. The van der Waals surface area contributed by atoms with E-state index in [1.54, 1.807) is 24.3 Å². The first kappa shape index (κ1) is 16.2. The molecule has 0 aromatic heterocycles. The highest BCUT2D eigenvalue weighted by molar-refractivity contribution is 7.92. The van der Waals surface area contributed by atoms with Gasteiger partial charge in [0.2, 0.25) is 10.0 Å². The van der Waals surface area contributed by atoms with Gasteiger partial charge < -0.3 is 0 Å². The second-order valence-corrected chi connectivity index (χ2v) is 7.03. The van der Waals surface area contributed by atoms with E-state index in [4.69, 9.17) is 12.6 Å². The summed E-state index contributed by atoms with van der Waals surface area (Å²) in [5.41, 5.74) is 0.554. The number of rotatable bonds is 9. The minimum absolute atomic E-state index is 0.181. The Morgan fingerprint density at radius 2 is 1.79 bits per heavy atom. The van der Waals surface area contributed by atoms with Crippen LogP contribution in [0.1, 0.15) is 45.4 Å². The summed E-state index contributed by atoms with van der Waals surface area (Å²) >= 11 is 5.00. The van der Waals surface area contributed by atoms with Gasteiger partial charge in [-0.3, -0.25) is 4.72 Å². The van der Waals surface area contributed by atoms with E-state index < -0.39 is 10.0 Å². The minimum Gasteiger partial charge on any atom is -0.284 e. The van der Waals surface area contributed by atoms with Crippen LogP contribution >= 0.6 is 12.6 Å². The fourth-order valence-electron chi connectivity index (χ4n) is 1.86. The highest BCUT2D eigenvalue weighted by Crippen LogP contribution is 2.15. The molecule has 1 radical (unpaired) electrons. The van der Waals surface area contributed by atoms with Gasteiger partial charge in [-0.05, 0) is 24.6 Å². The molecule has 0 atom stereocenters. The molecule has 0 unspecified atom stereocenters. The smallest absolute Gasteiger partial charge is 0.232 e. The first-order valence-corrected chi connectivity index (χ1v) is 8.87. The number of benzene rings is 1. The van der Waals surface area contributed by atoms with Gasteiger partial charge in [-0.25, -0.2) is 8.42 Å². The molecule has 0 aliphatic rings. The Morgan fingerprint density at radius 1 is 1.11 bits per heavy atom. The maximum absolute atomic E-state index is 11.9. The normalized spacial score (nSPS) is 11.4. The van der Waals surface area contributed by atoms with Gasteiger partial charge in [0.1, 0.15) is 0 Å². The molecule has 0 aliphatic heterocycles. The fourth-order valence-corrected chi connectivity index (χ4v) is 3.24. The summed E-state index contributed by atoms with van der Waals surface area (Å²) in [7, 11) is -3.24. The average molecular weight is 300 g/mol. The Hall–Kier alpha value is -0.810. The van der Waals surface area contributed by atoms with Crippen LogP contribution in [0, 0.1) is 0 Å². The third-order valence-corrected chi connectivity index (χ3v) is 4.50. The van der Waals surface area contributed by atoms with E-state index in [-0.39, 0.29) is 5.75 Å². The number of hydrogen-bond donors (Lipinski definition) is 1. The molecule has 1 aromatic carbocycles. The first-order chi connectivity index (χ1) is 9.03. The van der Waals surface area contributed by atoms with Crippen molar-refractivity contribution in [2.24, 2.45) is 0 Å². The Morgan fingerprint density at radius 3 is 2.47 bits per heavy atom. The minimum atomic E-state index is -3.24. The number of nitrogens with one attached hydrogen (secondary N) is 1. The van der Waals surface area contributed by atoms with Gasteiger partial charge in [-0.2, -0.15) is 0 Å². The van der Waals surface area contributed by atoms with E-state index in [1.807, 2.05) is 0 Å². The monoisotopic (exact) mass is 300 g/mol. The zero-order valence-corrected chi connectivity index (χ0v) is 13.0. The molecule has 1 aromatic rings. The molecule has 1 N–H and O–H groups in total. The highest BCUT2D eigenvalue weighted by atomic mass is 32.2. The second kappa shape index (κ2) is 8.38. The standard InChI is InChI=1S/C14H22NO2S2/c1-2-3-4-5-6-7-11-19(16,17)15-13-9-8-10-14(18)12-13/h8-10,12,15H,2-7,11H2,1H3. The van der Waals surface area contributed by atoms with E-state index >= 15 is 0 Å². The van der Waals surface area contributed by atoms with Crippen LogP contribution < -0.4 is 4.72 Å². The van der Waals surface area contributed by atoms with E-state index in [0.717, 1.165) is 12.8 Å².